The molecule has 21 heavy (non-hydrogen) atoms. The lowest BCUT2D eigenvalue weighted by Gasteiger charge is -2.17. The molecule has 0 saturated carbocycles. The summed E-state index contributed by atoms with van der Waals surface area (Å²) < 4.78 is 5.34. The molecule has 2 rings (SSSR count). The number of aliphatic hydroxyl groups is 1. The van der Waals surface area contributed by atoms with Crippen LogP contribution in [0.2, 0.25) is 0 Å². The van der Waals surface area contributed by atoms with E-state index in [0.717, 1.165) is 5.56 Å². The predicted molar refractivity (Wildman–Crippen MR) is 79.1 cm³/mol. The van der Waals surface area contributed by atoms with Crippen LogP contribution in [-0.4, -0.2) is 29.2 Å². The molecular weight excluding hydrogens is 268 g/mol. The first kappa shape index (κ1) is 15.0. The van der Waals surface area contributed by atoms with Gasteiger partial charge in [0, 0.05) is 6.20 Å². The number of pyridine rings is 1. The summed E-state index contributed by atoms with van der Waals surface area (Å²) in [6, 6.07) is 12.2. The van der Waals surface area contributed by atoms with Gasteiger partial charge in [0.05, 0.1) is 19.3 Å². The van der Waals surface area contributed by atoms with E-state index < -0.39 is 6.04 Å². The third-order valence-electron chi connectivity index (χ3n) is 2.99. The summed E-state index contributed by atoms with van der Waals surface area (Å²) in [6.45, 7) is 2.08. The third kappa shape index (κ3) is 3.79. The highest BCUT2D eigenvalue weighted by molar-refractivity contribution is 5.96. The Morgan fingerprint density at radius 2 is 2.05 bits per heavy atom. The highest BCUT2D eigenvalue weighted by Crippen LogP contribution is 2.17. The van der Waals surface area contributed by atoms with E-state index in [-0.39, 0.29) is 12.5 Å². The number of benzene rings is 1. The number of aliphatic hydroxyl groups excluding tert-OH is 1. The maximum atomic E-state index is 12.3. The second-order valence-electron chi connectivity index (χ2n) is 4.41. The van der Waals surface area contributed by atoms with E-state index >= 15 is 0 Å². The van der Waals surface area contributed by atoms with Gasteiger partial charge in [-0.05, 0) is 24.6 Å². The number of ether oxygens (including phenoxy) is 1. The van der Waals surface area contributed by atoms with Crippen LogP contribution in [0.4, 0.5) is 0 Å². The maximum Gasteiger partial charge on any atom is 0.257 e. The largest absolute Gasteiger partial charge is 0.477 e. The molecule has 0 saturated heterocycles. The van der Waals surface area contributed by atoms with Crippen molar-refractivity contribution >= 4 is 5.91 Å². The minimum Gasteiger partial charge on any atom is -0.477 e. The van der Waals surface area contributed by atoms with Crippen LogP contribution in [0.1, 0.15) is 28.9 Å². The van der Waals surface area contributed by atoms with Gasteiger partial charge in [-0.25, -0.2) is 4.98 Å². The number of hydrogen-bond acceptors (Lipinski definition) is 4. The van der Waals surface area contributed by atoms with Crippen molar-refractivity contribution < 1.29 is 14.6 Å². The minimum atomic E-state index is -0.464. The van der Waals surface area contributed by atoms with Crippen molar-refractivity contribution in [3.63, 3.8) is 0 Å². The maximum absolute atomic E-state index is 12.3. The van der Waals surface area contributed by atoms with Crippen LogP contribution in [0, 0.1) is 0 Å². The first-order chi connectivity index (χ1) is 10.3. The molecule has 0 aliphatic rings. The molecule has 0 aliphatic carbocycles. The normalized spacial score (nSPS) is 11.7. The van der Waals surface area contributed by atoms with E-state index in [1.54, 1.807) is 18.3 Å². The SMILES string of the molecule is CCOc1ncccc1C(=O)N[C@H](CO)c1ccccc1. The van der Waals surface area contributed by atoms with Crippen molar-refractivity contribution in [3.05, 3.63) is 59.8 Å². The molecule has 0 unspecified atom stereocenters. The summed E-state index contributed by atoms with van der Waals surface area (Å²) in [5, 5.41) is 12.3. The average molecular weight is 286 g/mol. The lowest BCUT2D eigenvalue weighted by Crippen LogP contribution is -2.31. The zero-order chi connectivity index (χ0) is 15.1. The van der Waals surface area contributed by atoms with Crippen LogP contribution in [0.15, 0.2) is 48.7 Å². The summed E-state index contributed by atoms with van der Waals surface area (Å²) in [7, 11) is 0. The van der Waals surface area contributed by atoms with Gasteiger partial charge in [-0.1, -0.05) is 30.3 Å². The molecule has 1 aromatic heterocycles. The second-order valence-corrected chi connectivity index (χ2v) is 4.41. The molecule has 0 fully saturated rings. The fourth-order valence-electron chi connectivity index (χ4n) is 1.97. The van der Waals surface area contributed by atoms with E-state index in [9.17, 15) is 9.90 Å². The molecule has 110 valence electrons. The van der Waals surface area contributed by atoms with Crippen molar-refractivity contribution in [1.82, 2.24) is 10.3 Å². The summed E-state index contributed by atoms with van der Waals surface area (Å²) in [6.07, 6.45) is 1.57. The Hall–Kier alpha value is -2.40. The number of nitrogens with one attached hydrogen (secondary N) is 1. The van der Waals surface area contributed by atoms with Gasteiger partial charge in [-0.15, -0.1) is 0 Å². The Bertz CT molecular complexity index is 587. The van der Waals surface area contributed by atoms with Crippen LogP contribution in [0.3, 0.4) is 0 Å². The van der Waals surface area contributed by atoms with E-state index in [0.29, 0.717) is 18.1 Å². The smallest absolute Gasteiger partial charge is 0.257 e. The Kier molecular flexibility index (Phi) is 5.29. The number of rotatable bonds is 6. The zero-order valence-corrected chi connectivity index (χ0v) is 11.8. The van der Waals surface area contributed by atoms with Crippen molar-refractivity contribution in [2.45, 2.75) is 13.0 Å². The predicted octanol–water partition coefficient (Wildman–Crippen LogP) is 1.94. The number of nitrogens with zero attached hydrogens (tertiary/aromatic N) is 1. The van der Waals surface area contributed by atoms with Crippen LogP contribution >= 0.6 is 0 Å². The summed E-state index contributed by atoms with van der Waals surface area (Å²) >= 11 is 0. The lowest BCUT2D eigenvalue weighted by molar-refractivity contribution is 0.0911. The molecule has 5 heteroatoms. The number of aromatic nitrogens is 1. The highest BCUT2D eigenvalue weighted by atomic mass is 16.5. The quantitative estimate of drug-likeness (QED) is 0.851. The zero-order valence-electron chi connectivity index (χ0n) is 11.8. The topological polar surface area (TPSA) is 71.5 Å². The fourth-order valence-corrected chi connectivity index (χ4v) is 1.97. The van der Waals surface area contributed by atoms with Crippen LogP contribution in [-0.2, 0) is 0 Å². The third-order valence-corrected chi connectivity index (χ3v) is 2.99. The van der Waals surface area contributed by atoms with Crippen LogP contribution in [0.25, 0.3) is 0 Å². The Labute approximate surface area is 123 Å². The molecule has 2 aromatic rings. The van der Waals surface area contributed by atoms with E-state index in [4.69, 9.17) is 4.74 Å². The average Bonchev–Trinajstić information content (AvgIpc) is 2.54. The lowest BCUT2D eigenvalue weighted by atomic mass is 10.1. The van der Waals surface area contributed by atoms with E-state index in [2.05, 4.69) is 10.3 Å². The molecule has 1 atom stereocenters. The Morgan fingerprint density at radius 1 is 1.29 bits per heavy atom. The monoisotopic (exact) mass is 286 g/mol. The van der Waals surface area contributed by atoms with Gasteiger partial charge >= 0.3 is 0 Å². The molecule has 1 aromatic carbocycles. The standard InChI is InChI=1S/C16H18N2O3/c1-2-21-16-13(9-6-10-17-16)15(20)18-14(11-19)12-7-4-3-5-8-12/h3-10,14,19H,2,11H2,1H3,(H,18,20)/t14-/m1/s1. The van der Waals surface area contributed by atoms with Gasteiger partial charge in [0.2, 0.25) is 5.88 Å². The minimum absolute atomic E-state index is 0.181. The molecule has 1 heterocycles. The van der Waals surface area contributed by atoms with Crippen molar-refractivity contribution in [1.29, 1.82) is 0 Å². The van der Waals surface area contributed by atoms with Gasteiger partial charge in [-0.3, -0.25) is 4.79 Å². The molecule has 2 N–H and O–H groups in total. The molecular formula is C16H18N2O3. The Morgan fingerprint density at radius 3 is 2.71 bits per heavy atom. The van der Waals surface area contributed by atoms with Gasteiger partial charge in [-0.2, -0.15) is 0 Å². The van der Waals surface area contributed by atoms with Gasteiger partial charge < -0.3 is 15.2 Å². The first-order valence-electron chi connectivity index (χ1n) is 6.80. The molecule has 0 spiro atoms. The van der Waals surface area contributed by atoms with Crippen molar-refractivity contribution in [2.75, 3.05) is 13.2 Å². The van der Waals surface area contributed by atoms with E-state index in [1.165, 1.54) is 0 Å². The van der Waals surface area contributed by atoms with Crippen molar-refractivity contribution in [3.8, 4) is 5.88 Å². The van der Waals surface area contributed by atoms with Crippen LogP contribution < -0.4 is 10.1 Å². The van der Waals surface area contributed by atoms with Gasteiger partial charge in [0.1, 0.15) is 5.56 Å². The Balaban J connectivity index is 2.17. The fraction of sp³-hybridized carbons (Fsp3) is 0.250. The van der Waals surface area contributed by atoms with Crippen LogP contribution in [0.5, 0.6) is 5.88 Å². The van der Waals surface area contributed by atoms with E-state index in [1.807, 2.05) is 37.3 Å². The number of carbonyl (C=O) groups excluding carboxylic acids is 1. The summed E-state index contributed by atoms with van der Waals surface area (Å²) in [5.74, 6) is -0.0308. The first-order valence-corrected chi connectivity index (χ1v) is 6.80. The highest BCUT2D eigenvalue weighted by Gasteiger charge is 2.18. The molecule has 0 aliphatic heterocycles. The molecule has 1 amide bonds. The molecule has 5 nitrogen and oxygen atoms in total. The number of amides is 1. The van der Waals surface area contributed by atoms with Gasteiger partial charge in [0.25, 0.3) is 5.91 Å². The molecule has 0 radical (unpaired) electrons. The summed E-state index contributed by atoms with van der Waals surface area (Å²) in [4.78, 5) is 16.4. The molecule has 0 bridgehead atoms. The summed E-state index contributed by atoms with van der Waals surface area (Å²) in [5.41, 5.74) is 1.20. The van der Waals surface area contributed by atoms with Crippen molar-refractivity contribution in [2.24, 2.45) is 0 Å². The number of hydrogen-bond donors (Lipinski definition) is 2. The van der Waals surface area contributed by atoms with Gasteiger partial charge in [0.15, 0.2) is 0 Å². The second kappa shape index (κ2) is 7.40. The number of carbonyl (C=O) groups is 1.